The molecule has 1 aromatic heterocycles. The summed E-state index contributed by atoms with van der Waals surface area (Å²) in [6, 6.07) is 7.66. The SMILES string of the molecule is CCn1cc(C(=O)N(CC2COc3ccccc3O2)C(C)C)c(C)n1. The lowest BCUT2D eigenvalue weighted by atomic mass is 10.1. The van der Waals surface area contributed by atoms with Crippen LogP contribution in [0.1, 0.15) is 36.8 Å². The average Bonchev–Trinajstić information content (AvgIpc) is 2.99. The van der Waals surface area contributed by atoms with E-state index in [1.165, 1.54) is 0 Å². The number of hydrogen-bond acceptors (Lipinski definition) is 4. The molecule has 0 bridgehead atoms. The Kier molecular flexibility index (Phi) is 4.97. The molecule has 0 aliphatic carbocycles. The molecule has 134 valence electrons. The first-order valence-electron chi connectivity index (χ1n) is 8.73. The van der Waals surface area contributed by atoms with Crippen LogP contribution >= 0.6 is 0 Å². The van der Waals surface area contributed by atoms with Crippen LogP contribution in [0.2, 0.25) is 0 Å². The number of carbonyl (C=O) groups excluding carboxylic acids is 1. The molecule has 1 aliphatic rings. The summed E-state index contributed by atoms with van der Waals surface area (Å²) in [7, 11) is 0. The highest BCUT2D eigenvalue weighted by atomic mass is 16.6. The average molecular weight is 343 g/mol. The Balaban J connectivity index is 1.76. The predicted molar refractivity (Wildman–Crippen MR) is 95.2 cm³/mol. The van der Waals surface area contributed by atoms with E-state index in [1.807, 2.05) is 63.1 Å². The molecule has 0 fully saturated rings. The van der Waals surface area contributed by atoms with E-state index in [1.54, 1.807) is 4.68 Å². The molecule has 1 atom stereocenters. The molecule has 0 saturated carbocycles. The van der Waals surface area contributed by atoms with Crippen LogP contribution in [-0.2, 0) is 6.54 Å². The van der Waals surface area contributed by atoms with Crippen LogP contribution in [0.5, 0.6) is 11.5 Å². The quantitative estimate of drug-likeness (QED) is 0.838. The van der Waals surface area contributed by atoms with Gasteiger partial charge in [0.1, 0.15) is 6.61 Å². The van der Waals surface area contributed by atoms with Crippen molar-refractivity contribution >= 4 is 5.91 Å². The van der Waals surface area contributed by atoms with Gasteiger partial charge in [-0.05, 0) is 39.8 Å². The van der Waals surface area contributed by atoms with Gasteiger partial charge in [0.05, 0.1) is 17.8 Å². The number of ether oxygens (including phenoxy) is 2. The first-order valence-corrected chi connectivity index (χ1v) is 8.73. The monoisotopic (exact) mass is 343 g/mol. The van der Waals surface area contributed by atoms with Gasteiger partial charge in [-0.1, -0.05) is 12.1 Å². The summed E-state index contributed by atoms with van der Waals surface area (Å²) in [6.07, 6.45) is 1.63. The smallest absolute Gasteiger partial charge is 0.257 e. The summed E-state index contributed by atoms with van der Waals surface area (Å²) in [5.74, 6) is 1.46. The second-order valence-electron chi connectivity index (χ2n) is 6.53. The summed E-state index contributed by atoms with van der Waals surface area (Å²) in [4.78, 5) is 14.9. The zero-order valence-corrected chi connectivity index (χ0v) is 15.2. The van der Waals surface area contributed by atoms with Crippen LogP contribution in [0, 0.1) is 6.92 Å². The molecule has 2 heterocycles. The lowest BCUT2D eigenvalue weighted by Gasteiger charge is -2.33. The van der Waals surface area contributed by atoms with E-state index in [-0.39, 0.29) is 18.1 Å². The number of rotatable bonds is 5. The van der Waals surface area contributed by atoms with Crippen molar-refractivity contribution in [1.29, 1.82) is 0 Å². The van der Waals surface area contributed by atoms with E-state index in [9.17, 15) is 4.79 Å². The van der Waals surface area contributed by atoms with Gasteiger partial charge in [0.25, 0.3) is 5.91 Å². The maximum absolute atomic E-state index is 13.0. The van der Waals surface area contributed by atoms with Gasteiger partial charge in [-0.3, -0.25) is 9.48 Å². The number of carbonyl (C=O) groups is 1. The van der Waals surface area contributed by atoms with Crippen LogP contribution < -0.4 is 9.47 Å². The van der Waals surface area contributed by atoms with Crippen molar-refractivity contribution in [2.75, 3.05) is 13.2 Å². The fraction of sp³-hybridized carbons (Fsp3) is 0.474. The second-order valence-corrected chi connectivity index (χ2v) is 6.53. The number of aryl methyl sites for hydroxylation is 2. The first kappa shape index (κ1) is 17.3. The van der Waals surface area contributed by atoms with E-state index in [2.05, 4.69) is 5.10 Å². The normalized spacial score (nSPS) is 16.1. The molecule has 0 saturated heterocycles. The van der Waals surface area contributed by atoms with Gasteiger partial charge in [-0.15, -0.1) is 0 Å². The van der Waals surface area contributed by atoms with Gasteiger partial charge < -0.3 is 14.4 Å². The van der Waals surface area contributed by atoms with E-state index in [0.717, 1.165) is 23.7 Å². The maximum atomic E-state index is 13.0. The lowest BCUT2D eigenvalue weighted by molar-refractivity contribution is 0.0392. The fourth-order valence-corrected chi connectivity index (χ4v) is 2.95. The van der Waals surface area contributed by atoms with Crippen LogP contribution in [-0.4, -0.2) is 45.9 Å². The van der Waals surface area contributed by atoms with Crippen molar-refractivity contribution in [1.82, 2.24) is 14.7 Å². The van der Waals surface area contributed by atoms with E-state index >= 15 is 0 Å². The van der Waals surface area contributed by atoms with Gasteiger partial charge in [0.15, 0.2) is 17.6 Å². The minimum Gasteiger partial charge on any atom is -0.486 e. The van der Waals surface area contributed by atoms with Gasteiger partial charge in [0, 0.05) is 18.8 Å². The highest BCUT2D eigenvalue weighted by molar-refractivity contribution is 5.95. The molecule has 0 radical (unpaired) electrons. The Labute approximate surface area is 148 Å². The van der Waals surface area contributed by atoms with Crippen molar-refractivity contribution < 1.29 is 14.3 Å². The number of para-hydroxylation sites is 2. The Hall–Kier alpha value is -2.50. The number of nitrogens with zero attached hydrogens (tertiary/aromatic N) is 3. The molecular weight excluding hydrogens is 318 g/mol. The van der Waals surface area contributed by atoms with Crippen LogP contribution in [0.3, 0.4) is 0 Å². The minimum absolute atomic E-state index is 0.0188. The van der Waals surface area contributed by atoms with Crippen LogP contribution in [0.15, 0.2) is 30.5 Å². The molecule has 3 rings (SSSR count). The Morgan fingerprint density at radius 1 is 1.36 bits per heavy atom. The van der Waals surface area contributed by atoms with Gasteiger partial charge >= 0.3 is 0 Å². The minimum atomic E-state index is -0.192. The highest BCUT2D eigenvalue weighted by Gasteiger charge is 2.29. The molecule has 1 aromatic carbocycles. The zero-order valence-electron chi connectivity index (χ0n) is 15.2. The fourth-order valence-electron chi connectivity index (χ4n) is 2.95. The maximum Gasteiger partial charge on any atom is 0.257 e. The van der Waals surface area contributed by atoms with Crippen molar-refractivity contribution in [2.24, 2.45) is 0 Å². The number of fused-ring (bicyclic) bond motifs is 1. The molecule has 6 nitrogen and oxygen atoms in total. The van der Waals surface area contributed by atoms with Gasteiger partial charge in [-0.25, -0.2) is 0 Å². The van der Waals surface area contributed by atoms with Gasteiger partial charge in [0.2, 0.25) is 0 Å². The molecule has 0 spiro atoms. The van der Waals surface area contributed by atoms with Gasteiger partial charge in [-0.2, -0.15) is 5.10 Å². The third kappa shape index (κ3) is 3.62. The zero-order chi connectivity index (χ0) is 18.0. The van der Waals surface area contributed by atoms with Crippen molar-refractivity contribution in [3.05, 3.63) is 41.7 Å². The third-order valence-electron chi connectivity index (χ3n) is 4.35. The number of hydrogen-bond donors (Lipinski definition) is 0. The molecular formula is C19H25N3O3. The number of aromatic nitrogens is 2. The number of benzene rings is 1. The summed E-state index contributed by atoms with van der Waals surface area (Å²) in [5, 5.41) is 4.38. The van der Waals surface area contributed by atoms with Crippen LogP contribution in [0.25, 0.3) is 0 Å². The molecule has 1 unspecified atom stereocenters. The Morgan fingerprint density at radius 3 is 2.72 bits per heavy atom. The van der Waals surface area contributed by atoms with Crippen molar-refractivity contribution in [3.8, 4) is 11.5 Å². The molecule has 0 N–H and O–H groups in total. The second kappa shape index (κ2) is 7.17. The first-order chi connectivity index (χ1) is 12.0. The third-order valence-corrected chi connectivity index (χ3v) is 4.35. The molecule has 25 heavy (non-hydrogen) atoms. The molecule has 1 aliphatic heterocycles. The molecule has 2 aromatic rings. The standard InChI is InChI=1S/C19H25N3O3/c1-5-21-11-16(14(4)20-21)19(23)22(13(2)3)10-15-12-24-17-8-6-7-9-18(17)25-15/h6-9,11,13,15H,5,10,12H2,1-4H3. The Morgan fingerprint density at radius 2 is 2.08 bits per heavy atom. The van der Waals surface area contributed by atoms with E-state index in [0.29, 0.717) is 18.7 Å². The van der Waals surface area contributed by atoms with E-state index < -0.39 is 0 Å². The Bertz CT molecular complexity index is 754. The lowest BCUT2D eigenvalue weighted by Crippen LogP contribution is -2.46. The summed E-state index contributed by atoms with van der Waals surface area (Å²) in [6.45, 7) is 9.54. The largest absolute Gasteiger partial charge is 0.486 e. The van der Waals surface area contributed by atoms with Crippen molar-refractivity contribution in [2.45, 2.75) is 46.4 Å². The molecule has 1 amide bonds. The number of amides is 1. The predicted octanol–water partition coefficient (Wildman–Crippen LogP) is 2.90. The van der Waals surface area contributed by atoms with E-state index in [4.69, 9.17) is 9.47 Å². The summed E-state index contributed by atoms with van der Waals surface area (Å²) in [5.41, 5.74) is 1.40. The molecule has 6 heteroatoms. The topological polar surface area (TPSA) is 56.6 Å². The summed E-state index contributed by atoms with van der Waals surface area (Å²) >= 11 is 0. The van der Waals surface area contributed by atoms with Crippen LogP contribution in [0.4, 0.5) is 0 Å². The van der Waals surface area contributed by atoms with Crippen molar-refractivity contribution in [3.63, 3.8) is 0 Å². The highest BCUT2D eigenvalue weighted by Crippen LogP contribution is 2.31. The summed E-state index contributed by atoms with van der Waals surface area (Å²) < 4.78 is 13.6.